The molecular weight excluding hydrogens is 441 g/mol. The van der Waals surface area contributed by atoms with Crippen molar-refractivity contribution in [2.45, 2.75) is 6.36 Å². The van der Waals surface area contributed by atoms with Gasteiger partial charge in [-0.3, -0.25) is 9.59 Å². The summed E-state index contributed by atoms with van der Waals surface area (Å²) in [6.45, 7) is 2.80. The van der Waals surface area contributed by atoms with Gasteiger partial charge in [-0.2, -0.15) is 0 Å². The SMILES string of the molecule is CN1CCN(C(=O)COc2ccc3c(=O)c(-c4ccc(OC(F)(F)F)cc4)coc3c2)CC1. The normalized spacial score (nSPS) is 15.0. The summed E-state index contributed by atoms with van der Waals surface area (Å²) in [5.41, 5.74) is 0.504. The first-order chi connectivity index (χ1) is 15.7. The van der Waals surface area contributed by atoms with E-state index in [1.54, 1.807) is 11.0 Å². The number of likely N-dealkylation sites (N-methyl/N-ethyl adjacent to an activating group) is 1. The quantitative estimate of drug-likeness (QED) is 0.578. The molecule has 0 bridgehead atoms. The van der Waals surface area contributed by atoms with E-state index in [9.17, 15) is 22.8 Å². The molecule has 0 N–H and O–H groups in total. The average molecular weight is 462 g/mol. The van der Waals surface area contributed by atoms with Crippen LogP contribution in [-0.4, -0.2) is 61.9 Å². The minimum absolute atomic E-state index is 0.113. The summed E-state index contributed by atoms with van der Waals surface area (Å²) in [5, 5.41) is 0.279. The first-order valence-electron chi connectivity index (χ1n) is 10.2. The van der Waals surface area contributed by atoms with Crippen LogP contribution in [0.25, 0.3) is 22.1 Å². The molecule has 1 aliphatic rings. The van der Waals surface area contributed by atoms with E-state index in [1.165, 1.54) is 30.5 Å². The molecule has 4 rings (SSSR count). The standard InChI is InChI=1S/C23H21F3N2O5/c1-27-8-10-28(11-9-27)21(29)14-31-17-6-7-18-20(12-17)32-13-19(22(18)30)15-2-4-16(5-3-15)33-23(24,25)26/h2-7,12-13H,8-11,14H2,1H3. The van der Waals surface area contributed by atoms with Crippen LogP contribution in [0.5, 0.6) is 11.5 Å². The van der Waals surface area contributed by atoms with E-state index >= 15 is 0 Å². The van der Waals surface area contributed by atoms with Crippen LogP contribution in [0.4, 0.5) is 13.2 Å². The Hall–Kier alpha value is -3.53. The fourth-order valence-electron chi connectivity index (χ4n) is 3.53. The van der Waals surface area contributed by atoms with Gasteiger partial charge >= 0.3 is 6.36 Å². The molecule has 0 atom stereocenters. The van der Waals surface area contributed by atoms with Gasteiger partial charge < -0.3 is 23.7 Å². The topological polar surface area (TPSA) is 72.2 Å². The summed E-state index contributed by atoms with van der Waals surface area (Å²) in [6.07, 6.45) is -3.55. The Kier molecular flexibility index (Phi) is 6.28. The van der Waals surface area contributed by atoms with E-state index in [2.05, 4.69) is 9.64 Å². The molecule has 0 saturated carbocycles. The maximum Gasteiger partial charge on any atom is 0.573 e. The van der Waals surface area contributed by atoms with Crippen molar-refractivity contribution in [3.8, 4) is 22.6 Å². The summed E-state index contributed by atoms with van der Waals surface area (Å²) in [7, 11) is 2.00. The highest BCUT2D eigenvalue weighted by Crippen LogP contribution is 2.27. The lowest BCUT2D eigenvalue weighted by Crippen LogP contribution is -2.48. The molecule has 7 nitrogen and oxygen atoms in total. The number of carbonyl (C=O) groups excluding carboxylic acids is 1. The molecule has 2 heterocycles. The summed E-state index contributed by atoms with van der Waals surface area (Å²) >= 11 is 0. The summed E-state index contributed by atoms with van der Waals surface area (Å²) < 4.78 is 52.0. The number of fused-ring (bicyclic) bond motifs is 1. The fourth-order valence-corrected chi connectivity index (χ4v) is 3.53. The van der Waals surface area contributed by atoms with E-state index in [4.69, 9.17) is 9.15 Å². The van der Waals surface area contributed by atoms with Crippen molar-refractivity contribution < 1.29 is 31.9 Å². The van der Waals surface area contributed by atoms with E-state index in [0.29, 0.717) is 24.4 Å². The molecule has 2 aromatic carbocycles. The minimum atomic E-state index is -4.79. The molecule has 10 heteroatoms. The van der Waals surface area contributed by atoms with Gasteiger partial charge in [-0.1, -0.05) is 12.1 Å². The predicted molar refractivity (Wildman–Crippen MR) is 114 cm³/mol. The largest absolute Gasteiger partial charge is 0.573 e. The lowest BCUT2D eigenvalue weighted by Gasteiger charge is -2.32. The molecule has 0 unspecified atom stereocenters. The number of hydrogen-bond acceptors (Lipinski definition) is 6. The zero-order valence-electron chi connectivity index (χ0n) is 17.7. The van der Waals surface area contributed by atoms with Gasteiger partial charge in [-0.15, -0.1) is 13.2 Å². The lowest BCUT2D eigenvalue weighted by molar-refractivity contribution is -0.274. The monoisotopic (exact) mass is 462 g/mol. The van der Waals surface area contributed by atoms with Gasteiger partial charge in [0.15, 0.2) is 12.0 Å². The van der Waals surface area contributed by atoms with Crippen molar-refractivity contribution in [1.29, 1.82) is 0 Å². The van der Waals surface area contributed by atoms with Crippen LogP contribution in [0, 0.1) is 0 Å². The van der Waals surface area contributed by atoms with Gasteiger partial charge in [0.2, 0.25) is 0 Å². The Labute approximate surface area is 186 Å². The molecule has 174 valence electrons. The maximum absolute atomic E-state index is 12.9. The van der Waals surface area contributed by atoms with Gasteiger partial charge in [-0.25, -0.2) is 0 Å². The van der Waals surface area contributed by atoms with Crippen LogP contribution in [0.1, 0.15) is 0 Å². The van der Waals surface area contributed by atoms with E-state index in [-0.39, 0.29) is 40.2 Å². The third kappa shape index (κ3) is 5.46. The molecule has 1 aromatic heterocycles. The lowest BCUT2D eigenvalue weighted by atomic mass is 10.1. The number of rotatable bonds is 5. The Balaban J connectivity index is 1.47. The van der Waals surface area contributed by atoms with Crippen molar-refractivity contribution >= 4 is 16.9 Å². The van der Waals surface area contributed by atoms with Crippen LogP contribution < -0.4 is 14.9 Å². The smallest absolute Gasteiger partial charge is 0.484 e. The number of carbonyl (C=O) groups is 1. The summed E-state index contributed by atoms with van der Waals surface area (Å²) in [5.74, 6) is -0.114. The highest BCUT2D eigenvalue weighted by atomic mass is 19.4. The number of halogens is 3. The number of hydrogen-bond donors (Lipinski definition) is 0. The van der Waals surface area contributed by atoms with Crippen LogP contribution >= 0.6 is 0 Å². The van der Waals surface area contributed by atoms with Gasteiger partial charge in [0.25, 0.3) is 5.91 Å². The fraction of sp³-hybridized carbons (Fsp3) is 0.304. The second-order valence-electron chi connectivity index (χ2n) is 7.68. The molecule has 1 aliphatic heterocycles. The number of amides is 1. The zero-order valence-corrected chi connectivity index (χ0v) is 17.7. The highest BCUT2D eigenvalue weighted by molar-refractivity contribution is 5.83. The maximum atomic E-state index is 12.9. The first kappa shape index (κ1) is 22.7. The zero-order chi connectivity index (χ0) is 23.6. The molecule has 1 amide bonds. The first-order valence-corrected chi connectivity index (χ1v) is 10.2. The third-order valence-corrected chi connectivity index (χ3v) is 5.36. The summed E-state index contributed by atoms with van der Waals surface area (Å²) in [4.78, 5) is 29.1. The van der Waals surface area contributed by atoms with Crippen molar-refractivity contribution in [2.75, 3.05) is 39.8 Å². The molecule has 3 aromatic rings. The van der Waals surface area contributed by atoms with Crippen molar-refractivity contribution in [3.05, 3.63) is 59.0 Å². The molecule has 1 fully saturated rings. The van der Waals surface area contributed by atoms with Crippen molar-refractivity contribution in [1.82, 2.24) is 9.80 Å². The Morgan fingerprint density at radius 2 is 1.70 bits per heavy atom. The second-order valence-corrected chi connectivity index (χ2v) is 7.68. The molecular formula is C23H21F3N2O5. The van der Waals surface area contributed by atoms with Gasteiger partial charge in [0.1, 0.15) is 23.3 Å². The molecule has 0 aliphatic carbocycles. The third-order valence-electron chi connectivity index (χ3n) is 5.36. The summed E-state index contributed by atoms with van der Waals surface area (Å²) in [6, 6.07) is 9.57. The van der Waals surface area contributed by atoms with Gasteiger partial charge in [0, 0.05) is 32.2 Å². The molecule has 33 heavy (non-hydrogen) atoms. The van der Waals surface area contributed by atoms with E-state index in [1.807, 2.05) is 7.05 Å². The molecule has 1 saturated heterocycles. The van der Waals surface area contributed by atoms with Crippen LogP contribution in [0.15, 0.2) is 57.9 Å². The number of ether oxygens (including phenoxy) is 2. The number of alkyl halides is 3. The number of nitrogens with zero attached hydrogens (tertiary/aromatic N) is 2. The van der Waals surface area contributed by atoms with E-state index in [0.717, 1.165) is 25.2 Å². The predicted octanol–water partition coefficient (Wildman–Crippen LogP) is 3.51. The molecule has 0 radical (unpaired) electrons. The average Bonchev–Trinajstić information content (AvgIpc) is 2.78. The van der Waals surface area contributed by atoms with Crippen LogP contribution in [0.3, 0.4) is 0 Å². The molecule has 0 spiro atoms. The minimum Gasteiger partial charge on any atom is -0.484 e. The van der Waals surface area contributed by atoms with Gasteiger partial charge in [-0.05, 0) is 36.9 Å². The van der Waals surface area contributed by atoms with Crippen molar-refractivity contribution in [2.24, 2.45) is 0 Å². The Bertz CT molecular complexity index is 1200. The van der Waals surface area contributed by atoms with Crippen LogP contribution in [-0.2, 0) is 4.79 Å². The van der Waals surface area contributed by atoms with Gasteiger partial charge in [0.05, 0.1) is 10.9 Å². The second kappa shape index (κ2) is 9.14. The number of piperazine rings is 1. The van der Waals surface area contributed by atoms with E-state index < -0.39 is 6.36 Å². The highest BCUT2D eigenvalue weighted by Gasteiger charge is 2.31. The Morgan fingerprint density at radius 3 is 2.36 bits per heavy atom. The Morgan fingerprint density at radius 1 is 1.03 bits per heavy atom. The van der Waals surface area contributed by atoms with Crippen LogP contribution in [0.2, 0.25) is 0 Å². The van der Waals surface area contributed by atoms with Crippen molar-refractivity contribution in [3.63, 3.8) is 0 Å². The number of benzene rings is 2.